The van der Waals surface area contributed by atoms with E-state index in [-0.39, 0.29) is 0 Å². The molecule has 1 fully saturated rings. The molecule has 1 atom stereocenters. The molecular weight excluding hydrogens is 200 g/mol. The third-order valence-electron chi connectivity index (χ3n) is 3.33. The molecule has 1 saturated heterocycles. The Balaban J connectivity index is 1.55. The van der Waals surface area contributed by atoms with Gasteiger partial charge in [-0.1, -0.05) is 6.92 Å². The molecule has 0 saturated carbocycles. The summed E-state index contributed by atoms with van der Waals surface area (Å²) in [5, 5.41) is 7.70. The van der Waals surface area contributed by atoms with Crippen LogP contribution in [0.25, 0.3) is 0 Å². The monoisotopic (exact) mass is 222 g/mol. The van der Waals surface area contributed by atoms with Gasteiger partial charge in [0.15, 0.2) is 0 Å². The molecule has 0 aliphatic carbocycles. The lowest BCUT2D eigenvalue weighted by atomic mass is 10.1. The number of hydrogen-bond donors (Lipinski definition) is 1. The lowest BCUT2D eigenvalue weighted by Crippen LogP contribution is -2.28. The van der Waals surface area contributed by atoms with E-state index in [0.717, 1.165) is 25.6 Å². The van der Waals surface area contributed by atoms with Crippen LogP contribution in [-0.2, 0) is 6.54 Å². The van der Waals surface area contributed by atoms with Gasteiger partial charge >= 0.3 is 0 Å². The van der Waals surface area contributed by atoms with E-state index in [4.69, 9.17) is 0 Å². The zero-order chi connectivity index (χ0) is 11.2. The minimum absolute atomic E-state index is 0.845. The number of likely N-dealkylation sites (tertiary alicyclic amines) is 1. The summed E-state index contributed by atoms with van der Waals surface area (Å²) in [7, 11) is 0. The first-order valence-corrected chi connectivity index (χ1v) is 6.29. The van der Waals surface area contributed by atoms with Gasteiger partial charge in [-0.3, -0.25) is 4.68 Å². The summed E-state index contributed by atoms with van der Waals surface area (Å²) in [5.41, 5.74) is 0. The van der Waals surface area contributed by atoms with Crippen molar-refractivity contribution in [2.75, 3.05) is 32.7 Å². The van der Waals surface area contributed by atoms with Crippen LogP contribution >= 0.6 is 0 Å². The fourth-order valence-corrected chi connectivity index (χ4v) is 2.30. The van der Waals surface area contributed by atoms with Crippen LogP contribution in [0.1, 0.15) is 13.3 Å². The molecule has 4 heteroatoms. The van der Waals surface area contributed by atoms with Crippen molar-refractivity contribution in [1.82, 2.24) is 20.0 Å². The highest BCUT2D eigenvalue weighted by Crippen LogP contribution is 2.14. The zero-order valence-electron chi connectivity index (χ0n) is 10.1. The van der Waals surface area contributed by atoms with Crippen LogP contribution in [-0.4, -0.2) is 47.4 Å². The van der Waals surface area contributed by atoms with E-state index in [0.29, 0.717) is 0 Å². The summed E-state index contributed by atoms with van der Waals surface area (Å²) >= 11 is 0. The topological polar surface area (TPSA) is 33.1 Å². The predicted octanol–water partition coefficient (Wildman–Crippen LogP) is 0.814. The van der Waals surface area contributed by atoms with Crippen LogP contribution in [0.5, 0.6) is 0 Å². The van der Waals surface area contributed by atoms with Crippen LogP contribution in [0.15, 0.2) is 18.5 Å². The van der Waals surface area contributed by atoms with Gasteiger partial charge in [0.2, 0.25) is 0 Å². The number of aromatic nitrogens is 2. The minimum atomic E-state index is 0.845. The Morgan fingerprint density at radius 2 is 2.44 bits per heavy atom. The molecule has 16 heavy (non-hydrogen) atoms. The smallest absolute Gasteiger partial charge is 0.0533 e. The Morgan fingerprint density at radius 3 is 3.12 bits per heavy atom. The van der Waals surface area contributed by atoms with Gasteiger partial charge in [-0.05, 0) is 38.0 Å². The van der Waals surface area contributed by atoms with Crippen molar-refractivity contribution < 1.29 is 0 Å². The first-order chi connectivity index (χ1) is 7.88. The first-order valence-electron chi connectivity index (χ1n) is 6.29. The van der Waals surface area contributed by atoms with Gasteiger partial charge in [-0.2, -0.15) is 5.10 Å². The molecule has 1 aromatic heterocycles. The van der Waals surface area contributed by atoms with E-state index in [2.05, 4.69) is 22.2 Å². The Bertz CT molecular complexity index is 283. The normalized spacial score (nSPS) is 21.7. The van der Waals surface area contributed by atoms with Crippen molar-refractivity contribution in [2.45, 2.75) is 19.9 Å². The van der Waals surface area contributed by atoms with E-state index in [1.807, 2.05) is 23.1 Å². The van der Waals surface area contributed by atoms with Crippen LogP contribution in [0, 0.1) is 5.92 Å². The molecule has 0 amide bonds. The third kappa shape index (κ3) is 3.32. The van der Waals surface area contributed by atoms with Gasteiger partial charge in [0.1, 0.15) is 0 Å². The lowest BCUT2D eigenvalue weighted by molar-refractivity contribution is 0.338. The summed E-state index contributed by atoms with van der Waals surface area (Å²) in [6.07, 6.45) is 5.19. The second-order valence-corrected chi connectivity index (χ2v) is 4.52. The maximum atomic E-state index is 4.18. The van der Waals surface area contributed by atoms with Crippen LogP contribution in [0.4, 0.5) is 0 Å². The van der Waals surface area contributed by atoms with E-state index >= 15 is 0 Å². The quantitative estimate of drug-likeness (QED) is 0.723. The largest absolute Gasteiger partial charge is 0.315 e. The molecule has 2 heterocycles. The van der Waals surface area contributed by atoms with Crippen molar-refractivity contribution in [3.05, 3.63) is 18.5 Å². The van der Waals surface area contributed by atoms with E-state index in [9.17, 15) is 0 Å². The second-order valence-electron chi connectivity index (χ2n) is 4.52. The molecule has 0 aromatic carbocycles. The highest BCUT2D eigenvalue weighted by molar-refractivity contribution is 4.78. The Hall–Kier alpha value is -0.870. The fourth-order valence-electron chi connectivity index (χ4n) is 2.30. The SMILES string of the molecule is CCN1CCC(CNCCn2cccn2)C1. The van der Waals surface area contributed by atoms with Gasteiger partial charge in [-0.15, -0.1) is 0 Å². The molecule has 1 N–H and O–H groups in total. The zero-order valence-corrected chi connectivity index (χ0v) is 10.1. The van der Waals surface area contributed by atoms with Gasteiger partial charge in [0.05, 0.1) is 6.54 Å². The Kier molecular flexibility index (Phi) is 4.36. The summed E-state index contributed by atoms with van der Waals surface area (Å²) in [4.78, 5) is 2.53. The fraction of sp³-hybridized carbons (Fsp3) is 0.750. The summed E-state index contributed by atoms with van der Waals surface area (Å²) in [6.45, 7) is 9.13. The molecular formula is C12H22N4. The molecule has 90 valence electrons. The molecule has 2 rings (SSSR count). The Labute approximate surface area is 97.6 Å². The summed E-state index contributed by atoms with van der Waals surface area (Å²) in [5.74, 6) is 0.845. The Morgan fingerprint density at radius 1 is 1.50 bits per heavy atom. The molecule has 0 spiro atoms. The van der Waals surface area contributed by atoms with Gasteiger partial charge in [0.25, 0.3) is 0 Å². The molecule has 0 bridgehead atoms. The van der Waals surface area contributed by atoms with Gasteiger partial charge < -0.3 is 10.2 Å². The van der Waals surface area contributed by atoms with Crippen LogP contribution in [0.3, 0.4) is 0 Å². The molecule has 1 aliphatic heterocycles. The van der Waals surface area contributed by atoms with Crippen molar-refractivity contribution >= 4 is 0 Å². The van der Waals surface area contributed by atoms with Crippen molar-refractivity contribution in [3.63, 3.8) is 0 Å². The maximum absolute atomic E-state index is 4.18. The average Bonchev–Trinajstić information content (AvgIpc) is 2.95. The molecule has 0 radical (unpaired) electrons. The number of nitrogens with one attached hydrogen (secondary N) is 1. The van der Waals surface area contributed by atoms with E-state index < -0.39 is 0 Å². The second kappa shape index (κ2) is 6.01. The van der Waals surface area contributed by atoms with Crippen LogP contribution < -0.4 is 5.32 Å². The highest BCUT2D eigenvalue weighted by atomic mass is 15.3. The molecule has 1 aliphatic rings. The van der Waals surface area contributed by atoms with Gasteiger partial charge in [0, 0.05) is 25.5 Å². The van der Waals surface area contributed by atoms with Crippen molar-refractivity contribution in [3.8, 4) is 0 Å². The molecule has 1 unspecified atom stereocenters. The standard InChI is InChI=1S/C12H22N4/c1-2-15-8-4-12(11-15)10-13-6-9-16-7-3-5-14-16/h3,5,7,12-13H,2,4,6,8-11H2,1H3. The predicted molar refractivity (Wildman–Crippen MR) is 65.3 cm³/mol. The average molecular weight is 222 g/mol. The van der Waals surface area contributed by atoms with Gasteiger partial charge in [-0.25, -0.2) is 0 Å². The highest BCUT2D eigenvalue weighted by Gasteiger charge is 2.20. The number of hydrogen-bond acceptors (Lipinski definition) is 3. The molecule has 1 aromatic rings. The number of nitrogens with zero attached hydrogens (tertiary/aromatic N) is 3. The maximum Gasteiger partial charge on any atom is 0.0533 e. The third-order valence-corrected chi connectivity index (χ3v) is 3.33. The van der Waals surface area contributed by atoms with Crippen molar-refractivity contribution in [2.24, 2.45) is 5.92 Å². The molecule has 4 nitrogen and oxygen atoms in total. The lowest BCUT2D eigenvalue weighted by Gasteiger charge is -2.13. The summed E-state index contributed by atoms with van der Waals surface area (Å²) in [6, 6.07) is 1.97. The van der Waals surface area contributed by atoms with E-state index in [1.165, 1.54) is 26.1 Å². The van der Waals surface area contributed by atoms with E-state index in [1.54, 1.807) is 0 Å². The number of rotatable bonds is 6. The first kappa shape index (κ1) is 11.6. The summed E-state index contributed by atoms with van der Waals surface area (Å²) < 4.78 is 1.97. The van der Waals surface area contributed by atoms with Crippen LogP contribution in [0.2, 0.25) is 0 Å². The van der Waals surface area contributed by atoms with Crippen molar-refractivity contribution in [1.29, 1.82) is 0 Å². The minimum Gasteiger partial charge on any atom is -0.315 e.